The van der Waals surface area contributed by atoms with Crippen LogP contribution in [0.15, 0.2) is 71.6 Å². The summed E-state index contributed by atoms with van der Waals surface area (Å²) in [6, 6.07) is 13.3. The van der Waals surface area contributed by atoms with Crippen molar-refractivity contribution in [3.63, 3.8) is 0 Å². The Kier molecular flexibility index (Phi) is 7.89. The quantitative estimate of drug-likeness (QED) is 0.111. The number of carbonyl (C=O) groups is 5. The number of carbonyl (C=O) groups excluding carboxylic acids is 5. The predicted octanol–water partition coefficient (Wildman–Crippen LogP) is 5.86. The lowest BCUT2D eigenvalue weighted by Gasteiger charge is -2.30. The Morgan fingerprint density at radius 2 is 1.68 bits per heavy atom. The van der Waals surface area contributed by atoms with Gasteiger partial charge in [-0.05, 0) is 73.7 Å². The van der Waals surface area contributed by atoms with Gasteiger partial charge in [0.15, 0.2) is 5.78 Å². The maximum atomic E-state index is 13.7. The molecule has 2 aliphatic rings. The Labute approximate surface area is 243 Å². The van der Waals surface area contributed by atoms with E-state index in [0.29, 0.717) is 17.7 Å². The van der Waals surface area contributed by atoms with Crippen molar-refractivity contribution in [2.24, 2.45) is 11.8 Å². The number of hydrogen-bond acceptors (Lipinski definition) is 7. The second-order valence-electron chi connectivity index (χ2n) is 9.50. The molecule has 8 nitrogen and oxygen atoms in total. The van der Waals surface area contributed by atoms with Crippen LogP contribution in [0.3, 0.4) is 0 Å². The van der Waals surface area contributed by atoms with Crippen LogP contribution in [0.4, 0.5) is 0 Å². The predicted molar refractivity (Wildman–Crippen MR) is 149 cm³/mol. The summed E-state index contributed by atoms with van der Waals surface area (Å²) in [4.78, 5) is 66.5. The van der Waals surface area contributed by atoms with E-state index in [4.69, 9.17) is 27.9 Å². The summed E-state index contributed by atoms with van der Waals surface area (Å²) in [6.45, 7) is 1.30. The number of imide groups is 1. The lowest BCUT2D eigenvalue weighted by molar-refractivity contribution is -0.154. The van der Waals surface area contributed by atoms with Gasteiger partial charge in [-0.1, -0.05) is 40.9 Å². The van der Waals surface area contributed by atoms with E-state index in [1.165, 1.54) is 53.8 Å². The standard InChI is InChI=1S/C29H22Cl2N2O6S/c1-16-4-10-20-21(13-16)28(37)33(27(20)36)32(26(35)18-7-11-22(30)23(31)14-18)15-24(34)17-5-8-19(9-6-17)39-29(38)25-3-2-12-40-25/h2-9,11-12,14,20-21H,10,13,15H2,1H3/t20-,21+/m1/s1. The fourth-order valence-corrected chi connectivity index (χ4v) is 5.65. The third-order valence-corrected chi connectivity index (χ3v) is 8.43. The Bertz CT molecular complexity index is 1550. The summed E-state index contributed by atoms with van der Waals surface area (Å²) < 4.78 is 5.33. The molecule has 0 N–H and O–H groups in total. The largest absolute Gasteiger partial charge is 0.422 e. The maximum absolute atomic E-state index is 13.7. The molecule has 1 saturated heterocycles. The molecule has 2 aromatic carbocycles. The van der Waals surface area contributed by atoms with Crippen LogP contribution in [0.5, 0.6) is 5.75 Å². The van der Waals surface area contributed by atoms with Gasteiger partial charge in [0.25, 0.3) is 17.7 Å². The van der Waals surface area contributed by atoms with Crippen molar-refractivity contribution >= 4 is 64.0 Å². The van der Waals surface area contributed by atoms with E-state index in [9.17, 15) is 24.0 Å². The van der Waals surface area contributed by atoms with Gasteiger partial charge in [0.1, 0.15) is 17.2 Å². The molecule has 2 atom stereocenters. The Balaban J connectivity index is 1.40. The molecular formula is C29H22Cl2N2O6S. The molecule has 0 bridgehead atoms. The number of hydrogen-bond donors (Lipinski definition) is 0. The molecule has 40 heavy (non-hydrogen) atoms. The molecule has 1 fully saturated rings. The number of ether oxygens (including phenoxy) is 1. The van der Waals surface area contributed by atoms with Crippen LogP contribution in [0.2, 0.25) is 10.0 Å². The van der Waals surface area contributed by atoms with Crippen molar-refractivity contribution in [1.29, 1.82) is 0 Å². The number of fused-ring (bicyclic) bond motifs is 1. The van der Waals surface area contributed by atoms with Crippen molar-refractivity contribution < 1.29 is 28.7 Å². The maximum Gasteiger partial charge on any atom is 0.353 e. The first-order chi connectivity index (χ1) is 19.1. The fourth-order valence-electron chi connectivity index (χ4n) is 4.76. The van der Waals surface area contributed by atoms with Gasteiger partial charge in [-0.2, -0.15) is 5.01 Å². The van der Waals surface area contributed by atoms with E-state index in [1.807, 2.05) is 13.0 Å². The number of halogens is 2. The number of esters is 1. The lowest BCUT2D eigenvalue weighted by Crippen LogP contribution is -2.52. The lowest BCUT2D eigenvalue weighted by atomic mass is 9.82. The van der Waals surface area contributed by atoms with Crippen molar-refractivity contribution in [1.82, 2.24) is 10.0 Å². The molecule has 0 spiro atoms. The monoisotopic (exact) mass is 596 g/mol. The van der Waals surface area contributed by atoms with Gasteiger partial charge in [-0.15, -0.1) is 11.3 Å². The second kappa shape index (κ2) is 11.4. The van der Waals surface area contributed by atoms with Crippen molar-refractivity contribution in [3.8, 4) is 5.75 Å². The van der Waals surface area contributed by atoms with Gasteiger partial charge < -0.3 is 4.74 Å². The molecule has 204 valence electrons. The Morgan fingerprint density at radius 3 is 2.35 bits per heavy atom. The zero-order chi connectivity index (χ0) is 28.6. The van der Waals surface area contributed by atoms with E-state index >= 15 is 0 Å². The summed E-state index contributed by atoms with van der Waals surface area (Å²) in [5, 5.41) is 3.78. The minimum Gasteiger partial charge on any atom is -0.422 e. The van der Waals surface area contributed by atoms with Gasteiger partial charge in [-0.25, -0.2) is 9.80 Å². The highest BCUT2D eigenvalue weighted by molar-refractivity contribution is 7.12. The van der Waals surface area contributed by atoms with Crippen molar-refractivity contribution in [3.05, 3.63) is 97.7 Å². The van der Waals surface area contributed by atoms with E-state index in [-0.39, 0.29) is 26.9 Å². The topological polar surface area (TPSA) is 101 Å². The molecule has 1 aromatic heterocycles. The zero-order valence-corrected chi connectivity index (χ0v) is 23.5. The third-order valence-electron chi connectivity index (χ3n) is 6.84. The minimum absolute atomic E-state index is 0.0582. The van der Waals surface area contributed by atoms with Crippen LogP contribution < -0.4 is 4.74 Å². The normalized spacial score (nSPS) is 18.3. The van der Waals surface area contributed by atoms with E-state index < -0.39 is 47.9 Å². The molecule has 0 unspecified atom stereocenters. The summed E-state index contributed by atoms with van der Waals surface area (Å²) in [7, 11) is 0. The molecule has 3 aromatic rings. The molecule has 0 saturated carbocycles. The number of allylic oxidation sites excluding steroid dienone is 2. The van der Waals surface area contributed by atoms with Crippen LogP contribution >= 0.6 is 34.5 Å². The van der Waals surface area contributed by atoms with Gasteiger partial charge in [-0.3, -0.25) is 19.2 Å². The Morgan fingerprint density at radius 1 is 0.975 bits per heavy atom. The molecule has 5 rings (SSSR count). The average Bonchev–Trinajstić information content (AvgIpc) is 3.56. The highest BCUT2D eigenvalue weighted by atomic mass is 35.5. The summed E-state index contributed by atoms with van der Waals surface area (Å²) in [5.74, 6) is -3.84. The molecule has 1 aliphatic carbocycles. The van der Waals surface area contributed by atoms with Crippen LogP contribution in [0, 0.1) is 11.8 Å². The molecule has 11 heteroatoms. The van der Waals surface area contributed by atoms with Gasteiger partial charge in [0, 0.05) is 11.1 Å². The summed E-state index contributed by atoms with van der Waals surface area (Å²) in [5.41, 5.74) is 1.24. The summed E-state index contributed by atoms with van der Waals surface area (Å²) in [6.07, 6.45) is 2.70. The van der Waals surface area contributed by atoms with Gasteiger partial charge in [0.05, 0.1) is 21.9 Å². The first-order valence-electron chi connectivity index (χ1n) is 12.3. The molecule has 2 heterocycles. The van der Waals surface area contributed by atoms with E-state index in [2.05, 4.69) is 0 Å². The smallest absolute Gasteiger partial charge is 0.353 e. The van der Waals surface area contributed by atoms with Crippen molar-refractivity contribution in [2.75, 3.05) is 6.54 Å². The highest BCUT2D eigenvalue weighted by Gasteiger charge is 2.51. The van der Waals surface area contributed by atoms with Crippen LogP contribution in [-0.2, 0) is 9.59 Å². The number of ketones is 1. The molecule has 1 aliphatic heterocycles. The number of nitrogens with zero attached hydrogens (tertiary/aromatic N) is 2. The fraction of sp³-hybridized carbons (Fsp3) is 0.207. The first-order valence-corrected chi connectivity index (χ1v) is 14.0. The van der Waals surface area contributed by atoms with E-state index in [1.54, 1.807) is 17.5 Å². The number of hydrazine groups is 1. The molecular weight excluding hydrogens is 575 g/mol. The third kappa shape index (κ3) is 5.45. The number of benzene rings is 2. The second-order valence-corrected chi connectivity index (χ2v) is 11.3. The number of rotatable bonds is 7. The average molecular weight is 597 g/mol. The van der Waals surface area contributed by atoms with Crippen molar-refractivity contribution in [2.45, 2.75) is 19.8 Å². The Hall–Kier alpha value is -3.79. The van der Waals surface area contributed by atoms with Gasteiger partial charge >= 0.3 is 5.97 Å². The van der Waals surface area contributed by atoms with Crippen LogP contribution in [0.25, 0.3) is 0 Å². The zero-order valence-electron chi connectivity index (χ0n) is 21.1. The van der Waals surface area contributed by atoms with Crippen LogP contribution in [0.1, 0.15) is 50.2 Å². The molecule has 3 amide bonds. The highest BCUT2D eigenvalue weighted by Crippen LogP contribution is 2.39. The van der Waals surface area contributed by atoms with Gasteiger partial charge in [0.2, 0.25) is 0 Å². The molecule has 0 radical (unpaired) electrons. The number of Topliss-reactive ketones (excluding diaryl/α,β-unsaturated/α-hetero) is 1. The minimum atomic E-state index is -0.751. The number of amides is 3. The number of thiophene rings is 1. The SMILES string of the molecule is CC1=CC[C@H]2C(=O)N(N(CC(=O)c3ccc(OC(=O)c4cccs4)cc3)C(=O)c3ccc(Cl)c(Cl)c3)C(=O)[C@H]2C1. The van der Waals surface area contributed by atoms with Crippen LogP contribution in [-0.4, -0.2) is 46.0 Å². The summed E-state index contributed by atoms with van der Waals surface area (Å²) >= 11 is 13.4. The van der Waals surface area contributed by atoms with E-state index in [0.717, 1.165) is 15.6 Å². The first kappa shape index (κ1) is 27.8.